The third-order valence-corrected chi connectivity index (χ3v) is 6.71. The smallest absolute Gasteiger partial charge is 0.272 e. The zero-order valence-corrected chi connectivity index (χ0v) is 19.4. The number of aryl methyl sites for hydroxylation is 2. The third-order valence-electron chi connectivity index (χ3n) is 6.71. The Hall–Kier alpha value is -4.51. The largest absolute Gasteiger partial charge is 0.289 e. The molecule has 1 aromatic heterocycles. The summed E-state index contributed by atoms with van der Waals surface area (Å²) in [6, 6.07) is 30.9. The number of benzene rings is 4. The van der Waals surface area contributed by atoms with Crippen molar-refractivity contribution < 1.29 is 4.79 Å². The molecule has 1 aliphatic carbocycles. The molecule has 5 heteroatoms. The fraction of sp³-hybridized carbons (Fsp3) is 0.100. The number of H-pyrrole nitrogens is 1. The van der Waals surface area contributed by atoms with Gasteiger partial charge in [0.15, 0.2) is 0 Å². The maximum absolute atomic E-state index is 12.8. The molecule has 1 heterocycles. The summed E-state index contributed by atoms with van der Waals surface area (Å²) in [5, 5.41) is 14.1. The first-order valence-electron chi connectivity index (χ1n) is 11.8. The van der Waals surface area contributed by atoms with E-state index in [0.29, 0.717) is 5.69 Å². The van der Waals surface area contributed by atoms with Crippen molar-refractivity contribution in [2.24, 2.45) is 5.10 Å². The second kappa shape index (κ2) is 8.69. The molecule has 0 unspecified atom stereocenters. The van der Waals surface area contributed by atoms with E-state index in [1.54, 1.807) is 6.07 Å². The van der Waals surface area contributed by atoms with Crippen LogP contribution in [-0.2, 0) is 12.8 Å². The Balaban J connectivity index is 1.19. The molecular formula is C30H24N4O. The Morgan fingerprint density at radius 2 is 1.60 bits per heavy atom. The Labute approximate surface area is 203 Å². The van der Waals surface area contributed by atoms with Crippen molar-refractivity contribution in [3.05, 3.63) is 113 Å². The van der Waals surface area contributed by atoms with Gasteiger partial charge in [0.1, 0.15) is 5.69 Å². The number of hydrogen-bond donors (Lipinski definition) is 2. The zero-order valence-electron chi connectivity index (χ0n) is 19.4. The molecule has 2 N–H and O–H groups in total. The lowest BCUT2D eigenvalue weighted by Gasteiger charge is -2.06. The van der Waals surface area contributed by atoms with Gasteiger partial charge in [0, 0.05) is 5.56 Å². The minimum Gasteiger partial charge on any atom is -0.272 e. The average Bonchev–Trinajstić information content (AvgIpc) is 3.57. The number of amides is 1. The Bertz CT molecular complexity index is 1570. The highest BCUT2D eigenvalue weighted by atomic mass is 16.2. The van der Waals surface area contributed by atoms with Crippen molar-refractivity contribution in [2.75, 3.05) is 0 Å². The van der Waals surface area contributed by atoms with Crippen LogP contribution in [0.3, 0.4) is 0 Å². The van der Waals surface area contributed by atoms with Gasteiger partial charge in [-0.15, -0.1) is 0 Å². The van der Waals surface area contributed by atoms with E-state index in [1.165, 1.54) is 21.9 Å². The summed E-state index contributed by atoms with van der Waals surface area (Å²) in [7, 11) is 0. The van der Waals surface area contributed by atoms with Gasteiger partial charge < -0.3 is 0 Å². The van der Waals surface area contributed by atoms with E-state index in [2.05, 4.69) is 75.3 Å². The number of carbonyl (C=O) groups excluding carboxylic acids is 1. The van der Waals surface area contributed by atoms with E-state index in [4.69, 9.17) is 0 Å². The molecule has 0 atom stereocenters. The molecular weight excluding hydrogens is 432 g/mol. The van der Waals surface area contributed by atoms with Crippen LogP contribution in [0.5, 0.6) is 0 Å². The number of aromatic nitrogens is 2. The molecule has 0 spiro atoms. The number of hydrazone groups is 1. The monoisotopic (exact) mass is 456 g/mol. The van der Waals surface area contributed by atoms with E-state index in [-0.39, 0.29) is 5.91 Å². The Kier molecular flexibility index (Phi) is 5.23. The van der Waals surface area contributed by atoms with Crippen LogP contribution < -0.4 is 5.43 Å². The van der Waals surface area contributed by atoms with Crippen LogP contribution in [0.1, 0.15) is 34.1 Å². The highest BCUT2D eigenvalue weighted by Crippen LogP contribution is 2.36. The number of carbonyl (C=O) groups is 1. The molecule has 0 saturated heterocycles. The average molecular weight is 457 g/mol. The van der Waals surface area contributed by atoms with Gasteiger partial charge in [-0.3, -0.25) is 9.89 Å². The van der Waals surface area contributed by atoms with E-state index >= 15 is 0 Å². The first-order chi connectivity index (χ1) is 17.2. The Morgan fingerprint density at radius 3 is 2.40 bits per heavy atom. The molecule has 0 saturated carbocycles. The molecule has 6 rings (SSSR count). The number of aromatic amines is 1. The molecule has 0 bridgehead atoms. The van der Waals surface area contributed by atoms with Gasteiger partial charge in [-0.1, -0.05) is 84.9 Å². The topological polar surface area (TPSA) is 70.1 Å². The first kappa shape index (κ1) is 21.1. The molecule has 0 radical (unpaired) electrons. The van der Waals surface area contributed by atoms with E-state index < -0.39 is 0 Å². The van der Waals surface area contributed by atoms with Gasteiger partial charge in [-0.25, -0.2) is 5.43 Å². The van der Waals surface area contributed by atoms with Gasteiger partial charge in [-0.05, 0) is 64.4 Å². The zero-order chi connectivity index (χ0) is 23.8. The summed E-state index contributed by atoms with van der Waals surface area (Å²) in [6.45, 7) is 1.88. The summed E-state index contributed by atoms with van der Waals surface area (Å²) in [5.41, 5.74) is 11.6. The lowest BCUT2D eigenvalue weighted by molar-refractivity contribution is 0.0950. The predicted molar refractivity (Wildman–Crippen MR) is 140 cm³/mol. The van der Waals surface area contributed by atoms with Crippen LogP contribution >= 0.6 is 0 Å². The Morgan fingerprint density at radius 1 is 0.857 bits per heavy atom. The first-order valence-corrected chi connectivity index (χ1v) is 11.8. The fourth-order valence-corrected chi connectivity index (χ4v) is 4.84. The number of hydrogen-bond acceptors (Lipinski definition) is 3. The van der Waals surface area contributed by atoms with Crippen molar-refractivity contribution in [1.82, 2.24) is 15.6 Å². The van der Waals surface area contributed by atoms with Gasteiger partial charge in [0.25, 0.3) is 5.91 Å². The van der Waals surface area contributed by atoms with E-state index in [0.717, 1.165) is 46.5 Å². The van der Waals surface area contributed by atoms with Crippen molar-refractivity contribution in [2.45, 2.75) is 19.8 Å². The van der Waals surface area contributed by atoms with Crippen molar-refractivity contribution in [3.63, 3.8) is 0 Å². The standard InChI is InChI=1S/C30H24N4O/c1-19(20-10-12-22(13-11-20)21-6-3-2-4-7-21)31-34-30(35)28-18-27(32-33-28)25-17-16-24-15-14-23-8-5-9-26(25)29(23)24/h2-13,16-18H,14-15H2,1H3,(H,32,33)(H,34,35)/b31-19+. The SMILES string of the molecule is C/C(=N\NC(=O)c1cc(-c2ccc3c4c(cccc24)CC3)n[nH]1)c1ccc(-c2ccccc2)cc1. The van der Waals surface area contributed by atoms with Gasteiger partial charge >= 0.3 is 0 Å². The highest BCUT2D eigenvalue weighted by Gasteiger charge is 2.18. The normalized spacial score (nSPS) is 12.8. The lowest BCUT2D eigenvalue weighted by atomic mass is 9.98. The summed E-state index contributed by atoms with van der Waals surface area (Å²) < 4.78 is 0. The minimum absolute atomic E-state index is 0.324. The van der Waals surface area contributed by atoms with Gasteiger partial charge in [-0.2, -0.15) is 10.2 Å². The molecule has 0 aliphatic heterocycles. The summed E-state index contributed by atoms with van der Waals surface area (Å²) in [6.07, 6.45) is 2.16. The third kappa shape index (κ3) is 3.91. The maximum atomic E-state index is 12.8. The van der Waals surface area contributed by atoms with Crippen LogP contribution in [0.4, 0.5) is 0 Å². The van der Waals surface area contributed by atoms with Crippen LogP contribution in [0.25, 0.3) is 33.2 Å². The molecule has 4 aromatic carbocycles. The molecule has 170 valence electrons. The molecule has 1 aliphatic rings. The summed E-state index contributed by atoms with van der Waals surface area (Å²) >= 11 is 0. The number of nitrogens with one attached hydrogen (secondary N) is 2. The molecule has 0 fully saturated rings. The second-order valence-electron chi connectivity index (χ2n) is 8.86. The van der Waals surface area contributed by atoms with Crippen molar-refractivity contribution >= 4 is 22.4 Å². The van der Waals surface area contributed by atoms with E-state index in [1.807, 2.05) is 37.3 Å². The predicted octanol–water partition coefficient (Wildman–Crippen LogP) is 6.15. The van der Waals surface area contributed by atoms with Crippen molar-refractivity contribution in [3.8, 4) is 22.4 Å². The van der Waals surface area contributed by atoms with Crippen molar-refractivity contribution in [1.29, 1.82) is 0 Å². The minimum atomic E-state index is -0.324. The maximum Gasteiger partial charge on any atom is 0.289 e. The van der Waals surface area contributed by atoms with Crippen LogP contribution in [0.15, 0.2) is 96.1 Å². The summed E-state index contributed by atoms with van der Waals surface area (Å²) in [4.78, 5) is 12.8. The molecule has 5 aromatic rings. The van der Waals surface area contributed by atoms with Crippen LogP contribution in [-0.4, -0.2) is 21.8 Å². The van der Waals surface area contributed by atoms with Crippen LogP contribution in [0.2, 0.25) is 0 Å². The van der Waals surface area contributed by atoms with E-state index in [9.17, 15) is 4.79 Å². The lowest BCUT2D eigenvalue weighted by Crippen LogP contribution is -2.19. The molecule has 1 amide bonds. The molecule has 5 nitrogen and oxygen atoms in total. The van der Waals surface area contributed by atoms with Crippen LogP contribution in [0, 0.1) is 0 Å². The highest BCUT2D eigenvalue weighted by molar-refractivity contribution is 6.03. The quantitative estimate of drug-likeness (QED) is 0.246. The fourth-order valence-electron chi connectivity index (χ4n) is 4.84. The second-order valence-corrected chi connectivity index (χ2v) is 8.86. The number of nitrogens with zero attached hydrogens (tertiary/aromatic N) is 2. The van der Waals surface area contributed by atoms with Gasteiger partial charge in [0.2, 0.25) is 0 Å². The summed E-state index contributed by atoms with van der Waals surface area (Å²) in [5.74, 6) is -0.324. The number of rotatable bonds is 5. The van der Waals surface area contributed by atoms with Gasteiger partial charge in [0.05, 0.1) is 11.4 Å². The molecule has 35 heavy (non-hydrogen) atoms.